The van der Waals surface area contributed by atoms with E-state index in [-0.39, 0.29) is 5.57 Å². The Morgan fingerprint density at radius 3 is 2.43 bits per heavy atom. The van der Waals surface area contributed by atoms with E-state index in [9.17, 15) is 14.4 Å². The van der Waals surface area contributed by atoms with Crippen LogP contribution in [0.25, 0.3) is 6.08 Å². The third-order valence-corrected chi connectivity index (χ3v) is 5.87. The topological polar surface area (TPSA) is 84.9 Å². The van der Waals surface area contributed by atoms with Crippen LogP contribution in [0, 0.1) is 6.92 Å². The third kappa shape index (κ3) is 5.60. The van der Waals surface area contributed by atoms with Crippen molar-refractivity contribution < 1.29 is 23.9 Å². The zero-order valence-corrected chi connectivity index (χ0v) is 20.8. The zero-order chi connectivity index (χ0) is 24.9. The van der Waals surface area contributed by atoms with Gasteiger partial charge in [-0.2, -0.15) is 0 Å². The van der Waals surface area contributed by atoms with Crippen LogP contribution in [0.4, 0.5) is 10.5 Å². The average molecular weight is 535 g/mol. The smallest absolute Gasteiger partial charge is 0.335 e. The molecule has 0 bridgehead atoms. The molecule has 7 nitrogen and oxygen atoms in total. The van der Waals surface area contributed by atoms with E-state index in [1.807, 2.05) is 32.0 Å². The molecule has 0 radical (unpaired) electrons. The van der Waals surface area contributed by atoms with Crippen LogP contribution < -0.4 is 19.7 Å². The lowest BCUT2D eigenvalue weighted by atomic mass is 10.1. The van der Waals surface area contributed by atoms with Crippen LogP contribution in [0.5, 0.6) is 11.5 Å². The van der Waals surface area contributed by atoms with Gasteiger partial charge >= 0.3 is 6.03 Å². The number of hydrogen-bond donors (Lipinski definition) is 1. The number of nitrogens with one attached hydrogen (secondary N) is 1. The van der Waals surface area contributed by atoms with E-state index >= 15 is 0 Å². The third-order valence-electron chi connectivity index (χ3n) is 5.25. The molecule has 0 aromatic heterocycles. The summed E-state index contributed by atoms with van der Waals surface area (Å²) < 4.78 is 12.0. The first kappa shape index (κ1) is 24.2. The molecule has 1 aliphatic heterocycles. The maximum atomic E-state index is 13.1. The van der Waals surface area contributed by atoms with E-state index in [2.05, 4.69) is 27.3 Å². The van der Waals surface area contributed by atoms with Gasteiger partial charge in [0, 0.05) is 0 Å². The molecule has 0 spiro atoms. The fraction of sp³-hybridized carbons (Fsp3) is 0.148. The summed E-state index contributed by atoms with van der Waals surface area (Å²) in [5, 5.41) is 2.23. The number of hydrogen-bond acceptors (Lipinski definition) is 5. The van der Waals surface area contributed by atoms with Gasteiger partial charge in [-0.05, 0) is 83.4 Å². The minimum atomic E-state index is -0.803. The summed E-state index contributed by atoms with van der Waals surface area (Å²) in [6.45, 7) is 4.78. The Kier molecular flexibility index (Phi) is 7.31. The number of benzene rings is 3. The fourth-order valence-electron chi connectivity index (χ4n) is 3.60. The van der Waals surface area contributed by atoms with E-state index in [0.29, 0.717) is 40.4 Å². The molecule has 3 aromatic carbocycles. The van der Waals surface area contributed by atoms with Gasteiger partial charge < -0.3 is 9.47 Å². The monoisotopic (exact) mass is 534 g/mol. The van der Waals surface area contributed by atoms with Gasteiger partial charge in [0.05, 0.1) is 16.8 Å². The second-order valence-electron chi connectivity index (χ2n) is 7.85. The quantitative estimate of drug-likeness (QED) is 0.324. The summed E-state index contributed by atoms with van der Waals surface area (Å²) in [5.74, 6) is -0.223. The molecule has 4 rings (SSSR count). The molecule has 178 valence electrons. The number of carbonyl (C=O) groups excluding carboxylic acids is 3. The highest BCUT2D eigenvalue weighted by molar-refractivity contribution is 9.10. The van der Waals surface area contributed by atoms with Gasteiger partial charge in [-0.25, -0.2) is 9.69 Å². The molecule has 0 saturated carbocycles. The van der Waals surface area contributed by atoms with Crippen molar-refractivity contribution in [1.82, 2.24) is 5.32 Å². The molecule has 0 unspecified atom stereocenters. The van der Waals surface area contributed by atoms with E-state index in [1.165, 1.54) is 6.08 Å². The van der Waals surface area contributed by atoms with E-state index in [0.717, 1.165) is 16.0 Å². The van der Waals surface area contributed by atoms with Crippen molar-refractivity contribution in [3.05, 3.63) is 93.5 Å². The number of anilines is 1. The summed E-state index contributed by atoms with van der Waals surface area (Å²) in [4.78, 5) is 38.9. The zero-order valence-electron chi connectivity index (χ0n) is 19.2. The van der Waals surface area contributed by atoms with Crippen LogP contribution in [0.1, 0.15) is 23.6 Å². The Morgan fingerprint density at radius 2 is 1.74 bits per heavy atom. The van der Waals surface area contributed by atoms with Gasteiger partial charge in [0.2, 0.25) is 0 Å². The normalized spacial score (nSPS) is 14.8. The predicted molar refractivity (Wildman–Crippen MR) is 136 cm³/mol. The van der Waals surface area contributed by atoms with Crippen molar-refractivity contribution in [2.75, 3.05) is 11.5 Å². The van der Waals surface area contributed by atoms with Crippen LogP contribution in [-0.2, 0) is 16.2 Å². The second-order valence-corrected chi connectivity index (χ2v) is 8.71. The standard InChI is InChI=1S/C27H23BrN2O5/c1-3-34-21-10-8-20(9-11-21)30-26(32)22(25(31)29-27(30)33)14-18-7-12-24(23(28)15-18)35-16-19-6-4-5-17(2)13-19/h4-15H,3,16H2,1-2H3,(H,29,31,33)/b22-14+. The molecule has 0 aliphatic carbocycles. The van der Waals surface area contributed by atoms with Crippen molar-refractivity contribution in [3.8, 4) is 11.5 Å². The van der Waals surface area contributed by atoms with Gasteiger partial charge in [0.15, 0.2) is 0 Å². The first-order valence-corrected chi connectivity index (χ1v) is 11.8. The maximum Gasteiger partial charge on any atom is 0.335 e. The first-order chi connectivity index (χ1) is 16.9. The van der Waals surface area contributed by atoms with Crippen LogP contribution in [-0.4, -0.2) is 24.5 Å². The molecule has 8 heteroatoms. The fourth-order valence-corrected chi connectivity index (χ4v) is 4.11. The van der Waals surface area contributed by atoms with Crippen LogP contribution >= 0.6 is 15.9 Å². The van der Waals surface area contributed by atoms with Crippen LogP contribution in [0.3, 0.4) is 0 Å². The number of amides is 4. The Labute approximate surface area is 211 Å². The van der Waals surface area contributed by atoms with Crippen molar-refractivity contribution >= 4 is 45.5 Å². The molecule has 1 saturated heterocycles. The molecule has 3 aromatic rings. The van der Waals surface area contributed by atoms with E-state index in [1.54, 1.807) is 42.5 Å². The maximum absolute atomic E-state index is 13.1. The summed E-state index contributed by atoms with van der Waals surface area (Å²) >= 11 is 3.49. The lowest BCUT2D eigenvalue weighted by molar-refractivity contribution is -0.122. The average Bonchev–Trinajstić information content (AvgIpc) is 2.82. The molecule has 1 N–H and O–H groups in total. The summed E-state index contributed by atoms with van der Waals surface area (Å²) in [6.07, 6.45) is 1.45. The predicted octanol–water partition coefficient (Wildman–Crippen LogP) is 5.40. The number of ether oxygens (including phenoxy) is 2. The molecule has 1 fully saturated rings. The minimum absolute atomic E-state index is 0.154. The van der Waals surface area contributed by atoms with Crippen LogP contribution in [0.2, 0.25) is 0 Å². The Hall–Kier alpha value is -3.91. The number of halogens is 1. The number of barbiturate groups is 1. The minimum Gasteiger partial charge on any atom is -0.494 e. The SMILES string of the molecule is CCOc1ccc(N2C(=O)NC(=O)/C(=C\c3ccc(OCc4cccc(C)c4)c(Br)c3)C2=O)cc1. The van der Waals surface area contributed by atoms with Gasteiger partial charge in [-0.15, -0.1) is 0 Å². The highest BCUT2D eigenvalue weighted by Gasteiger charge is 2.36. The lowest BCUT2D eigenvalue weighted by Gasteiger charge is -2.26. The number of imide groups is 2. The molecular weight excluding hydrogens is 512 g/mol. The number of nitrogens with zero attached hydrogens (tertiary/aromatic N) is 1. The molecule has 0 atom stereocenters. The molecule has 4 amide bonds. The largest absolute Gasteiger partial charge is 0.494 e. The van der Waals surface area contributed by atoms with Gasteiger partial charge in [-0.1, -0.05) is 35.9 Å². The summed E-state index contributed by atoms with van der Waals surface area (Å²) in [6, 6.07) is 19.0. The number of urea groups is 1. The summed E-state index contributed by atoms with van der Waals surface area (Å²) in [5.41, 5.74) is 2.97. The molecule has 35 heavy (non-hydrogen) atoms. The lowest BCUT2D eigenvalue weighted by Crippen LogP contribution is -2.54. The summed E-state index contributed by atoms with van der Waals surface area (Å²) in [7, 11) is 0. The van der Waals surface area contributed by atoms with Crippen LogP contribution in [0.15, 0.2) is 76.8 Å². The van der Waals surface area contributed by atoms with Gasteiger partial charge in [0.1, 0.15) is 23.7 Å². The van der Waals surface area contributed by atoms with Crippen molar-refractivity contribution in [1.29, 1.82) is 0 Å². The van der Waals surface area contributed by atoms with E-state index in [4.69, 9.17) is 9.47 Å². The number of carbonyl (C=O) groups is 3. The van der Waals surface area contributed by atoms with Gasteiger partial charge in [0.25, 0.3) is 11.8 Å². The first-order valence-electron chi connectivity index (χ1n) is 11.0. The highest BCUT2D eigenvalue weighted by Crippen LogP contribution is 2.29. The Morgan fingerprint density at radius 1 is 0.971 bits per heavy atom. The Bertz CT molecular complexity index is 1320. The van der Waals surface area contributed by atoms with Crippen molar-refractivity contribution in [2.45, 2.75) is 20.5 Å². The number of aryl methyl sites for hydroxylation is 1. The molecular formula is C27H23BrN2O5. The Balaban J connectivity index is 1.54. The van der Waals surface area contributed by atoms with Gasteiger partial charge in [-0.3, -0.25) is 14.9 Å². The van der Waals surface area contributed by atoms with Crippen molar-refractivity contribution in [2.24, 2.45) is 0 Å². The second kappa shape index (κ2) is 10.6. The van der Waals surface area contributed by atoms with Crippen molar-refractivity contribution in [3.63, 3.8) is 0 Å². The highest BCUT2D eigenvalue weighted by atomic mass is 79.9. The number of rotatable bonds is 7. The van der Waals surface area contributed by atoms with E-state index < -0.39 is 17.8 Å². The molecule has 1 aliphatic rings. The molecule has 1 heterocycles.